The van der Waals surface area contributed by atoms with E-state index in [0.717, 1.165) is 33.5 Å². The van der Waals surface area contributed by atoms with E-state index < -0.39 is 0 Å². The number of carbonyl (C=O) groups is 1. The molecule has 0 radical (unpaired) electrons. The Morgan fingerprint density at radius 3 is 2.48 bits per heavy atom. The van der Waals surface area contributed by atoms with Crippen LogP contribution in [0.5, 0.6) is 11.5 Å². The van der Waals surface area contributed by atoms with Crippen LogP contribution in [0.3, 0.4) is 0 Å². The maximum atomic E-state index is 12.8. The van der Waals surface area contributed by atoms with Crippen molar-refractivity contribution in [2.24, 2.45) is 0 Å². The Balaban J connectivity index is 1.63. The van der Waals surface area contributed by atoms with Crippen molar-refractivity contribution in [2.75, 3.05) is 13.7 Å². The fourth-order valence-electron chi connectivity index (χ4n) is 3.49. The van der Waals surface area contributed by atoms with Gasteiger partial charge < -0.3 is 14.8 Å². The molecular weight excluding hydrogens is 388 g/mol. The third kappa shape index (κ3) is 4.51. The first-order valence-electron chi connectivity index (χ1n) is 10.2. The van der Waals surface area contributed by atoms with Crippen molar-refractivity contribution in [2.45, 2.75) is 13.5 Å². The first-order chi connectivity index (χ1) is 15.2. The predicted octanol–water partition coefficient (Wildman–Crippen LogP) is 5.24. The SMILES string of the molecule is CCOc1cc(-c2ccccc2)nc2ccc(C(=O)NCc3ccccc3OC)cc12. The molecule has 4 rings (SSSR count). The van der Waals surface area contributed by atoms with E-state index in [1.54, 1.807) is 13.2 Å². The van der Waals surface area contributed by atoms with Crippen molar-refractivity contribution < 1.29 is 14.3 Å². The fourth-order valence-corrected chi connectivity index (χ4v) is 3.49. The molecule has 0 spiro atoms. The van der Waals surface area contributed by atoms with Crippen LogP contribution < -0.4 is 14.8 Å². The number of para-hydroxylation sites is 1. The fraction of sp³-hybridized carbons (Fsp3) is 0.154. The number of carbonyl (C=O) groups excluding carboxylic acids is 1. The molecule has 0 aliphatic carbocycles. The number of hydrogen-bond donors (Lipinski definition) is 1. The Morgan fingerprint density at radius 1 is 0.935 bits per heavy atom. The molecule has 3 aromatic carbocycles. The summed E-state index contributed by atoms with van der Waals surface area (Å²) >= 11 is 0. The molecule has 0 aliphatic heterocycles. The van der Waals surface area contributed by atoms with Gasteiger partial charge in [-0.1, -0.05) is 48.5 Å². The van der Waals surface area contributed by atoms with Gasteiger partial charge in [0.2, 0.25) is 0 Å². The van der Waals surface area contributed by atoms with Gasteiger partial charge in [0, 0.05) is 34.7 Å². The zero-order chi connectivity index (χ0) is 21.6. The quantitative estimate of drug-likeness (QED) is 0.451. The molecule has 1 heterocycles. The molecule has 4 aromatic rings. The zero-order valence-electron chi connectivity index (χ0n) is 17.6. The van der Waals surface area contributed by atoms with Crippen molar-refractivity contribution in [3.8, 4) is 22.8 Å². The number of nitrogens with one attached hydrogen (secondary N) is 1. The Labute approximate surface area is 181 Å². The number of pyridine rings is 1. The van der Waals surface area contributed by atoms with E-state index >= 15 is 0 Å². The van der Waals surface area contributed by atoms with E-state index in [9.17, 15) is 4.79 Å². The highest BCUT2D eigenvalue weighted by molar-refractivity contribution is 5.99. The van der Waals surface area contributed by atoms with Crippen LogP contribution in [-0.2, 0) is 6.54 Å². The average molecular weight is 412 g/mol. The minimum absolute atomic E-state index is 0.164. The van der Waals surface area contributed by atoms with Gasteiger partial charge >= 0.3 is 0 Å². The Morgan fingerprint density at radius 2 is 1.71 bits per heavy atom. The van der Waals surface area contributed by atoms with Crippen LogP contribution in [0.4, 0.5) is 0 Å². The number of fused-ring (bicyclic) bond motifs is 1. The van der Waals surface area contributed by atoms with Crippen molar-refractivity contribution in [3.63, 3.8) is 0 Å². The number of hydrogen-bond acceptors (Lipinski definition) is 4. The third-order valence-electron chi connectivity index (χ3n) is 5.03. The molecule has 0 fully saturated rings. The normalized spacial score (nSPS) is 10.6. The molecule has 1 aromatic heterocycles. The molecule has 0 saturated heterocycles. The lowest BCUT2D eigenvalue weighted by molar-refractivity contribution is 0.0951. The van der Waals surface area contributed by atoms with Crippen LogP contribution in [0, 0.1) is 0 Å². The van der Waals surface area contributed by atoms with Crippen LogP contribution in [-0.4, -0.2) is 24.6 Å². The van der Waals surface area contributed by atoms with E-state index in [-0.39, 0.29) is 5.91 Å². The molecule has 5 nitrogen and oxygen atoms in total. The monoisotopic (exact) mass is 412 g/mol. The summed E-state index contributed by atoms with van der Waals surface area (Å²) in [5.41, 5.74) is 4.11. The molecular formula is C26H24N2O3. The first kappa shape index (κ1) is 20.4. The summed E-state index contributed by atoms with van der Waals surface area (Å²) in [6.45, 7) is 2.85. The number of benzene rings is 3. The molecule has 1 N–H and O–H groups in total. The van der Waals surface area contributed by atoms with Gasteiger partial charge in [-0.2, -0.15) is 0 Å². The van der Waals surface area contributed by atoms with Crippen LogP contribution in [0.2, 0.25) is 0 Å². The van der Waals surface area contributed by atoms with Gasteiger partial charge in [0.1, 0.15) is 11.5 Å². The van der Waals surface area contributed by atoms with Gasteiger partial charge in [-0.25, -0.2) is 4.98 Å². The first-order valence-corrected chi connectivity index (χ1v) is 10.2. The molecule has 0 aliphatic rings. The molecule has 0 atom stereocenters. The third-order valence-corrected chi connectivity index (χ3v) is 5.03. The van der Waals surface area contributed by atoms with Gasteiger partial charge in [-0.15, -0.1) is 0 Å². The maximum Gasteiger partial charge on any atom is 0.251 e. The second-order valence-corrected chi connectivity index (χ2v) is 7.03. The summed E-state index contributed by atoms with van der Waals surface area (Å²) in [5, 5.41) is 3.77. The summed E-state index contributed by atoms with van der Waals surface area (Å²) in [5.74, 6) is 1.30. The van der Waals surface area contributed by atoms with Gasteiger partial charge in [0.05, 0.1) is 24.9 Å². The highest BCUT2D eigenvalue weighted by atomic mass is 16.5. The second kappa shape index (κ2) is 9.30. The number of amides is 1. The number of rotatable bonds is 7. The number of ether oxygens (including phenoxy) is 2. The summed E-state index contributed by atoms with van der Waals surface area (Å²) < 4.78 is 11.2. The van der Waals surface area contributed by atoms with Gasteiger partial charge in [-0.3, -0.25) is 4.79 Å². The van der Waals surface area contributed by atoms with E-state index in [2.05, 4.69) is 5.32 Å². The van der Waals surface area contributed by atoms with Crippen molar-refractivity contribution in [1.82, 2.24) is 10.3 Å². The van der Waals surface area contributed by atoms with Gasteiger partial charge in [0.15, 0.2) is 0 Å². The smallest absolute Gasteiger partial charge is 0.251 e. The summed E-state index contributed by atoms with van der Waals surface area (Å²) in [6.07, 6.45) is 0. The van der Waals surface area contributed by atoms with E-state index in [0.29, 0.717) is 24.5 Å². The molecule has 0 unspecified atom stereocenters. The van der Waals surface area contributed by atoms with Gasteiger partial charge in [0.25, 0.3) is 5.91 Å². The van der Waals surface area contributed by atoms with Crippen LogP contribution >= 0.6 is 0 Å². The number of nitrogens with zero attached hydrogens (tertiary/aromatic N) is 1. The molecule has 5 heteroatoms. The minimum Gasteiger partial charge on any atom is -0.496 e. The average Bonchev–Trinajstić information content (AvgIpc) is 2.83. The van der Waals surface area contributed by atoms with E-state index in [1.807, 2.05) is 79.7 Å². The minimum atomic E-state index is -0.164. The van der Waals surface area contributed by atoms with E-state index in [4.69, 9.17) is 14.5 Å². The van der Waals surface area contributed by atoms with E-state index in [1.165, 1.54) is 0 Å². The highest BCUT2D eigenvalue weighted by Crippen LogP contribution is 2.31. The van der Waals surface area contributed by atoms with Crippen molar-refractivity contribution in [3.05, 3.63) is 90.0 Å². The lowest BCUT2D eigenvalue weighted by atomic mass is 10.1. The lowest BCUT2D eigenvalue weighted by Crippen LogP contribution is -2.23. The van der Waals surface area contributed by atoms with Crippen molar-refractivity contribution in [1.29, 1.82) is 0 Å². The molecule has 1 amide bonds. The standard InChI is InChI=1S/C26H24N2O3/c1-3-31-25-16-23(18-9-5-4-6-10-18)28-22-14-13-19(15-21(22)25)26(29)27-17-20-11-7-8-12-24(20)30-2/h4-16H,3,17H2,1-2H3,(H,27,29). The molecule has 0 saturated carbocycles. The Bertz CT molecular complexity index is 1210. The van der Waals surface area contributed by atoms with Crippen LogP contribution in [0.15, 0.2) is 78.9 Å². The summed E-state index contributed by atoms with van der Waals surface area (Å²) in [4.78, 5) is 17.6. The lowest BCUT2D eigenvalue weighted by Gasteiger charge is -2.12. The Kier molecular flexibility index (Phi) is 6.13. The predicted molar refractivity (Wildman–Crippen MR) is 123 cm³/mol. The highest BCUT2D eigenvalue weighted by Gasteiger charge is 2.13. The largest absolute Gasteiger partial charge is 0.496 e. The maximum absolute atomic E-state index is 12.8. The topological polar surface area (TPSA) is 60.5 Å². The van der Waals surface area contributed by atoms with Gasteiger partial charge in [-0.05, 0) is 31.2 Å². The zero-order valence-corrected chi connectivity index (χ0v) is 17.6. The second-order valence-electron chi connectivity index (χ2n) is 7.03. The molecule has 31 heavy (non-hydrogen) atoms. The summed E-state index contributed by atoms with van der Waals surface area (Å²) in [6, 6.07) is 25.0. The van der Waals surface area contributed by atoms with Crippen molar-refractivity contribution >= 4 is 16.8 Å². The molecule has 156 valence electrons. The Hall–Kier alpha value is -3.86. The van der Waals surface area contributed by atoms with Crippen LogP contribution in [0.1, 0.15) is 22.8 Å². The number of aromatic nitrogens is 1. The molecule has 0 bridgehead atoms. The van der Waals surface area contributed by atoms with Crippen LogP contribution in [0.25, 0.3) is 22.2 Å². The number of methoxy groups -OCH3 is 1. The summed E-state index contributed by atoms with van der Waals surface area (Å²) in [7, 11) is 1.62.